The molecule has 1 aromatic rings. The lowest BCUT2D eigenvalue weighted by Gasteiger charge is -2.29. The van der Waals surface area contributed by atoms with Crippen LogP contribution < -0.4 is 5.32 Å². The third-order valence-corrected chi connectivity index (χ3v) is 4.17. The van der Waals surface area contributed by atoms with Gasteiger partial charge in [-0.2, -0.15) is 0 Å². The van der Waals surface area contributed by atoms with E-state index < -0.39 is 0 Å². The zero-order valence-corrected chi connectivity index (χ0v) is 15.4. The highest BCUT2D eigenvalue weighted by atomic mass is 15.1. The van der Waals surface area contributed by atoms with Crippen LogP contribution in [0.1, 0.15) is 44.1 Å². The first kappa shape index (κ1) is 18.3. The maximum Gasteiger partial charge on any atom is 0.160 e. The van der Waals surface area contributed by atoms with Gasteiger partial charge in [-0.1, -0.05) is 6.08 Å². The summed E-state index contributed by atoms with van der Waals surface area (Å²) in [5.74, 6) is 2.02. The number of nitrogens with one attached hydrogen (secondary N) is 1. The third kappa shape index (κ3) is 4.47. The molecule has 1 unspecified atom stereocenters. The van der Waals surface area contributed by atoms with E-state index in [4.69, 9.17) is 9.97 Å². The van der Waals surface area contributed by atoms with Crippen LogP contribution in [0.15, 0.2) is 21.8 Å². The molecule has 1 N–H and O–H groups in total. The third-order valence-electron chi connectivity index (χ3n) is 4.17. The molecule has 1 atom stereocenters. The van der Waals surface area contributed by atoms with Crippen molar-refractivity contribution in [3.05, 3.63) is 23.3 Å². The smallest absolute Gasteiger partial charge is 0.160 e. The number of aliphatic imine (C=N–C) groups is 2. The second-order valence-electron chi connectivity index (χ2n) is 6.11. The zero-order chi connectivity index (χ0) is 17.5. The molecule has 1 aliphatic heterocycles. The Morgan fingerprint density at radius 2 is 2.12 bits per heavy atom. The first-order chi connectivity index (χ1) is 11.6. The first-order valence-electron chi connectivity index (χ1n) is 8.50. The minimum atomic E-state index is 0.372. The van der Waals surface area contributed by atoms with Crippen molar-refractivity contribution in [2.45, 2.75) is 39.5 Å². The fraction of sp³-hybridized carbons (Fsp3) is 0.556. The summed E-state index contributed by atoms with van der Waals surface area (Å²) < 4.78 is 0. The standard InChI is InChI=1S/C18H28N6/c1-6-15(11-19-4)22-18-16(20-7-2)13(3)21-17(23-18)14-9-8-10-24(5)12-14/h6-7,11,14H,8-10,12H2,1-5H3,(H,21,22,23)/b15-6+,19-11-,20-7-. The lowest BCUT2D eigenvalue weighted by molar-refractivity contribution is 0.246. The van der Waals surface area contributed by atoms with Gasteiger partial charge in [-0.15, -0.1) is 0 Å². The van der Waals surface area contributed by atoms with Crippen LogP contribution in [0.2, 0.25) is 0 Å². The summed E-state index contributed by atoms with van der Waals surface area (Å²) in [6.45, 7) is 8.01. The Balaban J connectivity index is 2.41. The number of likely N-dealkylation sites (tertiary alicyclic amines) is 1. The number of aryl methyl sites for hydroxylation is 1. The quantitative estimate of drug-likeness (QED) is 0.842. The van der Waals surface area contributed by atoms with E-state index in [1.807, 2.05) is 26.8 Å². The van der Waals surface area contributed by atoms with Crippen molar-refractivity contribution in [3.63, 3.8) is 0 Å². The Bertz CT molecular complexity index is 647. The Morgan fingerprint density at radius 1 is 1.33 bits per heavy atom. The summed E-state index contributed by atoms with van der Waals surface area (Å²) in [6, 6.07) is 0. The number of hydrogen-bond donors (Lipinski definition) is 1. The van der Waals surface area contributed by atoms with E-state index in [-0.39, 0.29) is 0 Å². The zero-order valence-electron chi connectivity index (χ0n) is 15.4. The van der Waals surface area contributed by atoms with E-state index >= 15 is 0 Å². The Hall–Kier alpha value is -2.08. The van der Waals surface area contributed by atoms with Crippen molar-refractivity contribution < 1.29 is 0 Å². The number of rotatable bonds is 5. The molecule has 6 heteroatoms. The van der Waals surface area contributed by atoms with Crippen molar-refractivity contribution in [2.75, 3.05) is 32.5 Å². The van der Waals surface area contributed by atoms with Gasteiger partial charge in [0, 0.05) is 31.9 Å². The molecule has 1 aliphatic rings. The summed E-state index contributed by atoms with van der Waals surface area (Å²) in [5.41, 5.74) is 2.59. The second-order valence-corrected chi connectivity index (χ2v) is 6.11. The van der Waals surface area contributed by atoms with Gasteiger partial charge >= 0.3 is 0 Å². The fourth-order valence-electron chi connectivity index (χ4n) is 2.97. The molecule has 0 aromatic carbocycles. The van der Waals surface area contributed by atoms with Crippen LogP contribution in [0.25, 0.3) is 0 Å². The van der Waals surface area contributed by atoms with Crippen molar-refractivity contribution in [1.82, 2.24) is 14.9 Å². The molecular weight excluding hydrogens is 300 g/mol. The Kier molecular flexibility index (Phi) is 6.61. The van der Waals surface area contributed by atoms with Crippen molar-refractivity contribution >= 4 is 23.9 Å². The second kappa shape index (κ2) is 8.68. The van der Waals surface area contributed by atoms with Gasteiger partial charge in [0.2, 0.25) is 0 Å². The average molecular weight is 328 g/mol. The molecule has 1 saturated heterocycles. The Labute approximate surface area is 144 Å². The van der Waals surface area contributed by atoms with Crippen molar-refractivity contribution in [3.8, 4) is 0 Å². The topological polar surface area (TPSA) is 65.8 Å². The van der Waals surface area contributed by atoms with Gasteiger partial charge < -0.3 is 10.2 Å². The molecule has 2 rings (SSSR count). The molecule has 0 bridgehead atoms. The van der Waals surface area contributed by atoms with E-state index in [1.165, 1.54) is 6.42 Å². The lowest BCUT2D eigenvalue weighted by atomic mass is 9.97. The minimum Gasteiger partial charge on any atom is -0.337 e. The fourth-order valence-corrected chi connectivity index (χ4v) is 2.97. The number of aromatic nitrogens is 2. The molecule has 1 fully saturated rings. The SMILES string of the molecule is C/C=N\c1c(C)nc(C2CCCN(C)C2)nc1NC(/C=N\C)=C/C. The van der Waals surface area contributed by atoms with Gasteiger partial charge in [0.1, 0.15) is 11.5 Å². The summed E-state index contributed by atoms with van der Waals surface area (Å²) in [5, 5.41) is 3.35. The van der Waals surface area contributed by atoms with Crippen LogP contribution in [0.4, 0.5) is 11.5 Å². The van der Waals surface area contributed by atoms with E-state index in [0.29, 0.717) is 5.92 Å². The summed E-state index contributed by atoms with van der Waals surface area (Å²) >= 11 is 0. The van der Waals surface area contributed by atoms with Gasteiger partial charge in [-0.3, -0.25) is 9.98 Å². The minimum absolute atomic E-state index is 0.372. The van der Waals surface area contributed by atoms with E-state index in [2.05, 4.69) is 27.2 Å². The molecule has 130 valence electrons. The van der Waals surface area contributed by atoms with Gasteiger partial charge in [-0.25, -0.2) is 9.97 Å². The van der Waals surface area contributed by atoms with Gasteiger partial charge in [0.05, 0.1) is 11.4 Å². The van der Waals surface area contributed by atoms with Crippen LogP contribution in [0, 0.1) is 6.92 Å². The van der Waals surface area contributed by atoms with Gasteiger partial charge in [0.25, 0.3) is 0 Å². The number of allylic oxidation sites excluding steroid dienone is 2. The average Bonchev–Trinajstić information content (AvgIpc) is 2.57. The van der Waals surface area contributed by atoms with Crippen LogP contribution >= 0.6 is 0 Å². The maximum atomic E-state index is 4.82. The molecule has 0 amide bonds. The number of hydrogen-bond acceptors (Lipinski definition) is 6. The lowest BCUT2D eigenvalue weighted by Crippen LogP contribution is -2.31. The number of anilines is 1. The summed E-state index contributed by atoms with van der Waals surface area (Å²) in [7, 11) is 3.91. The molecule has 0 radical (unpaired) electrons. The first-order valence-corrected chi connectivity index (χ1v) is 8.50. The molecule has 1 aromatic heterocycles. The van der Waals surface area contributed by atoms with Gasteiger partial charge in [-0.05, 0) is 47.2 Å². The molecular formula is C18H28N6. The maximum absolute atomic E-state index is 4.82. The number of nitrogens with zero attached hydrogens (tertiary/aromatic N) is 5. The highest BCUT2D eigenvalue weighted by molar-refractivity contribution is 5.84. The molecule has 2 heterocycles. The number of likely N-dealkylation sites (N-methyl/N-ethyl adjacent to an activating group) is 1. The highest BCUT2D eigenvalue weighted by Crippen LogP contribution is 2.31. The van der Waals surface area contributed by atoms with Crippen LogP contribution in [-0.2, 0) is 0 Å². The monoisotopic (exact) mass is 328 g/mol. The predicted octanol–water partition coefficient (Wildman–Crippen LogP) is 3.33. The van der Waals surface area contributed by atoms with Crippen LogP contribution in [-0.4, -0.2) is 54.5 Å². The summed E-state index contributed by atoms with van der Waals surface area (Å²) in [6.07, 6.45) is 7.84. The van der Waals surface area contributed by atoms with Crippen molar-refractivity contribution in [2.24, 2.45) is 9.98 Å². The van der Waals surface area contributed by atoms with E-state index in [9.17, 15) is 0 Å². The van der Waals surface area contributed by atoms with Crippen molar-refractivity contribution in [1.29, 1.82) is 0 Å². The summed E-state index contributed by atoms with van der Waals surface area (Å²) in [4.78, 5) is 20.4. The van der Waals surface area contributed by atoms with Crippen LogP contribution in [0.5, 0.6) is 0 Å². The number of piperidine rings is 1. The molecule has 0 saturated carbocycles. The Morgan fingerprint density at radius 3 is 2.75 bits per heavy atom. The largest absolute Gasteiger partial charge is 0.337 e. The van der Waals surface area contributed by atoms with E-state index in [1.54, 1.807) is 19.5 Å². The van der Waals surface area contributed by atoms with E-state index in [0.717, 1.165) is 48.2 Å². The molecule has 24 heavy (non-hydrogen) atoms. The molecule has 0 spiro atoms. The van der Waals surface area contributed by atoms with Gasteiger partial charge in [0.15, 0.2) is 5.82 Å². The highest BCUT2D eigenvalue weighted by Gasteiger charge is 2.23. The molecule has 0 aliphatic carbocycles. The molecule has 6 nitrogen and oxygen atoms in total. The normalized spacial score (nSPS) is 20.2. The van der Waals surface area contributed by atoms with Crippen LogP contribution in [0.3, 0.4) is 0 Å². The predicted molar refractivity (Wildman–Crippen MR) is 102 cm³/mol.